The van der Waals surface area contributed by atoms with E-state index in [-0.39, 0.29) is 10.7 Å². The van der Waals surface area contributed by atoms with Crippen LogP contribution in [0.3, 0.4) is 0 Å². The highest BCUT2D eigenvalue weighted by Gasteiger charge is 2.41. The molecule has 5 nitrogen and oxygen atoms in total. The van der Waals surface area contributed by atoms with Gasteiger partial charge in [0, 0.05) is 5.56 Å². The summed E-state index contributed by atoms with van der Waals surface area (Å²) in [6, 6.07) is 23.2. The van der Waals surface area contributed by atoms with Gasteiger partial charge < -0.3 is 4.42 Å². The number of aryl methyl sites for hydroxylation is 2. The fourth-order valence-corrected chi connectivity index (χ4v) is 4.68. The molecule has 8 heteroatoms. The van der Waals surface area contributed by atoms with E-state index in [0.29, 0.717) is 38.5 Å². The average molecular weight is 547 g/mol. The Morgan fingerprint density at radius 3 is 2.14 bits per heavy atom. The number of carbonyl (C=O) groups is 2. The molecule has 184 valence electrons. The van der Waals surface area contributed by atoms with Crippen molar-refractivity contribution in [3.63, 3.8) is 0 Å². The number of hydrogen-bond acceptors (Lipinski definition) is 4. The molecule has 5 rings (SSSR count). The lowest BCUT2D eigenvalue weighted by molar-refractivity contribution is -0.120. The quantitative estimate of drug-likeness (QED) is 0.150. The van der Waals surface area contributed by atoms with Crippen LogP contribution in [0.15, 0.2) is 88.9 Å². The molecule has 0 spiro atoms. The highest BCUT2D eigenvalue weighted by Crippen LogP contribution is 2.33. The fraction of sp³-hybridized carbons (Fsp3) is 0.0690. The van der Waals surface area contributed by atoms with E-state index in [1.807, 2.05) is 50.2 Å². The van der Waals surface area contributed by atoms with Crippen LogP contribution in [0.1, 0.15) is 16.9 Å². The van der Waals surface area contributed by atoms with Gasteiger partial charge in [-0.15, -0.1) is 0 Å². The first-order valence-electron chi connectivity index (χ1n) is 11.4. The SMILES string of the molecule is Cc1ccc(N2C(=O)C(=Cc3ccc(-c4ccc(Cl)c(Cl)c4)o3)C(=O)N(c3ccccc3)C2=S)cc1C. The van der Waals surface area contributed by atoms with Crippen molar-refractivity contribution < 1.29 is 14.0 Å². The largest absolute Gasteiger partial charge is 0.457 e. The molecule has 0 N–H and O–H groups in total. The zero-order valence-corrected chi connectivity index (χ0v) is 22.2. The number of halogens is 2. The van der Waals surface area contributed by atoms with Gasteiger partial charge in [0.15, 0.2) is 5.11 Å². The first-order valence-corrected chi connectivity index (χ1v) is 12.5. The summed E-state index contributed by atoms with van der Waals surface area (Å²) in [7, 11) is 0. The van der Waals surface area contributed by atoms with Gasteiger partial charge in [-0.2, -0.15) is 0 Å². The van der Waals surface area contributed by atoms with Gasteiger partial charge in [0.25, 0.3) is 11.8 Å². The zero-order valence-electron chi connectivity index (χ0n) is 19.9. The van der Waals surface area contributed by atoms with Gasteiger partial charge in [0.05, 0.1) is 21.4 Å². The third kappa shape index (κ3) is 4.71. The summed E-state index contributed by atoms with van der Waals surface area (Å²) in [5, 5.41) is 0.905. The Hall–Kier alpha value is -3.71. The minimum atomic E-state index is -0.534. The molecule has 1 aromatic heterocycles. The molecule has 1 aliphatic heterocycles. The van der Waals surface area contributed by atoms with Crippen LogP contribution < -0.4 is 9.80 Å². The molecule has 0 radical (unpaired) electrons. The smallest absolute Gasteiger partial charge is 0.270 e. The molecular weight excluding hydrogens is 527 g/mol. The lowest BCUT2D eigenvalue weighted by atomic mass is 10.1. The lowest BCUT2D eigenvalue weighted by Gasteiger charge is -2.36. The Labute approximate surface area is 229 Å². The van der Waals surface area contributed by atoms with Crippen molar-refractivity contribution in [2.45, 2.75) is 13.8 Å². The van der Waals surface area contributed by atoms with Crippen molar-refractivity contribution in [1.82, 2.24) is 0 Å². The second-order valence-electron chi connectivity index (χ2n) is 8.56. The Kier molecular flexibility index (Phi) is 6.73. The van der Waals surface area contributed by atoms with Crippen LogP contribution in [0, 0.1) is 13.8 Å². The van der Waals surface area contributed by atoms with Crippen LogP contribution >= 0.6 is 35.4 Å². The molecule has 0 unspecified atom stereocenters. The highest BCUT2D eigenvalue weighted by atomic mass is 35.5. The zero-order chi connectivity index (χ0) is 26.3. The van der Waals surface area contributed by atoms with E-state index in [4.69, 9.17) is 39.8 Å². The molecule has 0 bridgehead atoms. The van der Waals surface area contributed by atoms with Crippen molar-refractivity contribution in [2.24, 2.45) is 0 Å². The summed E-state index contributed by atoms with van der Waals surface area (Å²) in [6.07, 6.45) is 1.44. The Morgan fingerprint density at radius 1 is 0.757 bits per heavy atom. The summed E-state index contributed by atoms with van der Waals surface area (Å²) in [5.41, 5.74) is 3.85. The summed E-state index contributed by atoms with van der Waals surface area (Å²) < 4.78 is 5.96. The predicted octanol–water partition coefficient (Wildman–Crippen LogP) is 7.62. The van der Waals surface area contributed by atoms with Crippen LogP contribution in [0.2, 0.25) is 10.0 Å². The van der Waals surface area contributed by atoms with E-state index in [0.717, 1.165) is 11.1 Å². The van der Waals surface area contributed by atoms with Crippen LogP contribution in [0.25, 0.3) is 17.4 Å². The van der Waals surface area contributed by atoms with Gasteiger partial charge in [0.1, 0.15) is 17.1 Å². The first kappa shape index (κ1) is 25.0. The topological polar surface area (TPSA) is 53.8 Å². The maximum absolute atomic E-state index is 13.7. The minimum Gasteiger partial charge on any atom is -0.457 e. The number of furan rings is 1. The van der Waals surface area contributed by atoms with E-state index in [9.17, 15) is 9.59 Å². The van der Waals surface area contributed by atoms with Crippen LogP contribution in [-0.2, 0) is 9.59 Å². The number of rotatable bonds is 4. The Morgan fingerprint density at radius 2 is 1.46 bits per heavy atom. The molecule has 2 heterocycles. The molecular formula is C29H20Cl2N2O3S. The standard InChI is InChI=1S/C29H20Cl2N2O3S/c1-17-8-10-21(14-18(17)2)33-28(35)23(27(34)32(29(33)37)20-6-4-3-5-7-20)16-22-11-13-26(36-22)19-9-12-24(30)25(31)15-19/h3-16H,1-2H3. The number of thiocarbonyl (C=S) groups is 1. The Bertz CT molecular complexity index is 1590. The average Bonchev–Trinajstić information content (AvgIpc) is 3.35. The Balaban J connectivity index is 1.60. The van der Waals surface area contributed by atoms with Crippen molar-refractivity contribution >= 4 is 69.8 Å². The van der Waals surface area contributed by atoms with Gasteiger partial charge in [-0.05, 0) is 97.9 Å². The summed E-state index contributed by atoms with van der Waals surface area (Å²) in [5.74, 6) is -0.215. The third-order valence-electron chi connectivity index (χ3n) is 6.13. The number of nitrogens with zero attached hydrogens (tertiary/aromatic N) is 2. The molecule has 1 aliphatic rings. The number of anilines is 2. The van der Waals surface area contributed by atoms with Gasteiger partial charge in [-0.1, -0.05) is 47.5 Å². The second-order valence-corrected chi connectivity index (χ2v) is 9.74. The summed E-state index contributed by atoms with van der Waals surface area (Å²) in [4.78, 5) is 30.1. The van der Waals surface area contributed by atoms with Crippen LogP contribution in [0.4, 0.5) is 11.4 Å². The molecule has 1 saturated heterocycles. The number of amides is 2. The van der Waals surface area contributed by atoms with Gasteiger partial charge >= 0.3 is 0 Å². The summed E-state index contributed by atoms with van der Waals surface area (Å²) >= 11 is 17.9. The van der Waals surface area contributed by atoms with Crippen molar-refractivity contribution in [3.8, 4) is 11.3 Å². The fourth-order valence-electron chi connectivity index (χ4n) is 4.00. The maximum Gasteiger partial charge on any atom is 0.270 e. The highest BCUT2D eigenvalue weighted by molar-refractivity contribution is 7.81. The van der Waals surface area contributed by atoms with Gasteiger partial charge in [-0.25, -0.2) is 0 Å². The van der Waals surface area contributed by atoms with Crippen molar-refractivity contribution in [2.75, 3.05) is 9.80 Å². The van der Waals surface area contributed by atoms with E-state index in [1.165, 1.54) is 15.9 Å². The minimum absolute atomic E-state index is 0.0780. The predicted molar refractivity (Wildman–Crippen MR) is 152 cm³/mol. The molecule has 3 aromatic carbocycles. The number of para-hydroxylation sites is 1. The third-order valence-corrected chi connectivity index (χ3v) is 7.23. The van der Waals surface area contributed by atoms with E-state index in [1.54, 1.807) is 42.5 Å². The molecule has 4 aromatic rings. The molecule has 2 amide bonds. The molecule has 37 heavy (non-hydrogen) atoms. The molecule has 0 saturated carbocycles. The lowest BCUT2D eigenvalue weighted by Crippen LogP contribution is -2.57. The molecule has 0 atom stereocenters. The van der Waals surface area contributed by atoms with Gasteiger partial charge in [-0.3, -0.25) is 19.4 Å². The van der Waals surface area contributed by atoms with E-state index in [2.05, 4.69) is 0 Å². The normalized spacial score (nSPS) is 15.1. The van der Waals surface area contributed by atoms with Gasteiger partial charge in [0.2, 0.25) is 0 Å². The summed E-state index contributed by atoms with van der Waals surface area (Å²) in [6.45, 7) is 3.95. The molecule has 0 aliphatic carbocycles. The van der Waals surface area contributed by atoms with Crippen molar-refractivity contribution in [1.29, 1.82) is 0 Å². The maximum atomic E-state index is 13.7. The molecule has 1 fully saturated rings. The van der Waals surface area contributed by atoms with Crippen LogP contribution in [0.5, 0.6) is 0 Å². The van der Waals surface area contributed by atoms with Crippen molar-refractivity contribution in [3.05, 3.63) is 111 Å². The number of hydrogen-bond donors (Lipinski definition) is 0. The monoisotopic (exact) mass is 546 g/mol. The van der Waals surface area contributed by atoms with E-state index < -0.39 is 11.8 Å². The van der Waals surface area contributed by atoms with E-state index >= 15 is 0 Å². The number of carbonyl (C=O) groups excluding carboxylic acids is 2. The second kappa shape index (κ2) is 9.98. The number of benzene rings is 3. The first-order chi connectivity index (χ1) is 17.7. The van der Waals surface area contributed by atoms with Crippen LogP contribution in [-0.4, -0.2) is 16.9 Å².